The highest BCUT2D eigenvalue weighted by atomic mass is 35.5. The summed E-state index contributed by atoms with van der Waals surface area (Å²) in [6, 6.07) is 31.1. The van der Waals surface area contributed by atoms with Crippen molar-refractivity contribution in [2.45, 2.75) is 33.0 Å². The molecule has 168 valence electrons. The third-order valence-corrected chi connectivity index (χ3v) is 6.30. The molecular formula is C28H28ClN3S. The Balaban J connectivity index is 1.56. The molecule has 0 bridgehead atoms. The number of nitrogens with zero attached hydrogens (tertiary/aromatic N) is 2. The van der Waals surface area contributed by atoms with E-state index in [0.29, 0.717) is 6.54 Å². The number of aromatic nitrogens is 1. The smallest absolute Gasteiger partial charge is 0.174 e. The van der Waals surface area contributed by atoms with Gasteiger partial charge in [0.2, 0.25) is 0 Å². The normalized spacial score (nSPS) is 10.7. The van der Waals surface area contributed by atoms with Crippen LogP contribution in [-0.4, -0.2) is 14.6 Å². The highest BCUT2D eigenvalue weighted by Gasteiger charge is 2.15. The Kier molecular flexibility index (Phi) is 7.82. The van der Waals surface area contributed by atoms with Crippen LogP contribution < -0.4 is 5.32 Å². The summed E-state index contributed by atoms with van der Waals surface area (Å²) in [6.07, 6.45) is 3.07. The highest BCUT2D eigenvalue weighted by molar-refractivity contribution is 7.80. The fraction of sp³-hybridized carbons (Fsp3) is 0.179. The maximum atomic E-state index is 6.06. The van der Waals surface area contributed by atoms with Crippen molar-refractivity contribution < 1.29 is 0 Å². The number of aryl methyl sites for hydroxylation is 1. The first kappa shape index (κ1) is 23.1. The molecule has 1 N–H and O–H groups in total. The largest absolute Gasteiger partial charge is 0.345 e. The summed E-state index contributed by atoms with van der Waals surface area (Å²) in [6.45, 7) is 4.38. The first-order chi connectivity index (χ1) is 16.1. The van der Waals surface area contributed by atoms with Gasteiger partial charge in [0.1, 0.15) is 0 Å². The predicted molar refractivity (Wildman–Crippen MR) is 143 cm³/mol. The molecule has 0 radical (unpaired) electrons. The number of thiocarbonyl (C=S) groups is 1. The Hall–Kier alpha value is -3.08. The molecule has 0 aliphatic heterocycles. The third kappa shape index (κ3) is 6.25. The Bertz CT molecular complexity index is 1190. The zero-order valence-electron chi connectivity index (χ0n) is 18.7. The number of hydrogen-bond donors (Lipinski definition) is 1. The summed E-state index contributed by atoms with van der Waals surface area (Å²) in [4.78, 5) is 2.23. The second-order valence-corrected chi connectivity index (χ2v) is 8.86. The molecule has 1 heterocycles. The molecule has 5 heteroatoms. The molecular weight excluding hydrogens is 446 g/mol. The lowest BCUT2D eigenvalue weighted by molar-refractivity contribution is 0.399. The molecule has 0 amide bonds. The van der Waals surface area contributed by atoms with Gasteiger partial charge in [0.25, 0.3) is 0 Å². The molecule has 0 unspecified atom stereocenters. The van der Waals surface area contributed by atoms with Gasteiger partial charge in [-0.05, 0) is 65.7 Å². The first-order valence-corrected chi connectivity index (χ1v) is 12.0. The van der Waals surface area contributed by atoms with E-state index >= 15 is 0 Å². The predicted octanol–water partition coefficient (Wildman–Crippen LogP) is 7.15. The number of benzene rings is 3. The summed E-state index contributed by atoms with van der Waals surface area (Å²) in [5.41, 5.74) is 5.96. The van der Waals surface area contributed by atoms with Crippen LogP contribution in [0.5, 0.6) is 0 Å². The lowest BCUT2D eigenvalue weighted by atomic mass is 10.1. The van der Waals surface area contributed by atoms with E-state index in [-0.39, 0.29) is 0 Å². The number of anilines is 1. The van der Waals surface area contributed by atoms with E-state index in [1.165, 1.54) is 22.4 Å². The van der Waals surface area contributed by atoms with Gasteiger partial charge in [-0.1, -0.05) is 79.2 Å². The lowest BCUT2D eigenvalue weighted by Gasteiger charge is -2.27. The number of hydrogen-bond acceptors (Lipinski definition) is 1. The summed E-state index contributed by atoms with van der Waals surface area (Å²) < 4.78 is 2.27. The number of nitrogens with one attached hydrogen (secondary N) is 1. The summed E-state index contributed by atoms with van der Waals surface area (Å²) in [5.74, 6) is 0. The van der Waals surface area contributed by atoms with E-state index in [9.17, 15) is 0 Å². The van der Waals surface area contributed by atoms with Crippen LogP contribution in [0.3, 0.4) is 0 Å². The van der Waals surface area contributed by atoms with Gasteiger partial charge in [0.05, 0.1) is 6.54 Å². The van der Waals surface area contributed by atoms with Crippen molar-refractivity contribution >= 4 is 34.6 Å². The van der Waals surface area contributed by atoms with E-state index in [0.717, 1.165) is 35.3 Å². The van der Waals surface area contributed by atoms with Gasteiger partial charge >= 0.3 is 0 Å². The maximum absolute atomic E-state index is 6.06. The fourth-order valence-electron chi connectivity index (χ4n) is 3.88. The molecule has 0 saturated heterocycles. The summed E-state index contributed by atoms with van der Waals surface area (Å²) in [5, 5.41) is 4.98. The minimum absolute atomic E-state index is 0.704. The average Bonchev–Trinajstić information content (AvgIpc) is 3.27. The van der Waals surface area contributed by atoms with Gasteiger partial charge in [-0.3, -0.25) is 0 Å². The van der Waals surface area contributed by atoms with Crippen LogP contribution in [-0.2, 0) is 26.1 Å². The summed E-state index contributed by atoms with van der Waals surface area (Å²) in [7, 11) is 0. The zero-order chi connectivity index (χ0) is 23.0. The monoisotopic (exact) mass is 473 g/mol. The lowest BCUT2D eigenvalue weighted by Crippen LogP contribution is -2.34. The molecule has 0 fully saturated rings. The van der Waals surface area contributed by atoms with Gasteiger partial charge in [-0.25, -0.2) is 0 Å². The van der Waals surface area contributed by atoms with Crippen LogP contribution in [0, 0.1) is 0 Å². The molecule has 4 rings (SSSR count). The van der Waals surface area contributed by atoms with E-state index < -0.39 is 0 Å². The van der Waals surface area contributed by atoms with Crippen molar-refractivity contribution in [1.82, 2.24) is 9.47 Å². The fourth-order valence-corrected chi connectivity index (χ4v) is 4.24. The molecule has 4 aromatic rings. The van der Waals surface area contributed by atoms with Crippen molar-refractivity contribution in [3.05, 3.63) is 125 Å². The van der Waals surface area contributed by atoms with Gasteiger partial charge in [-0.2, -0.15) is 0 Å². The molecule has 3 nitrogen and oxygen atoms in total. The quantitative estimate of drug-likeness (QED) is 0.274. The molecule has 33 heavy (non-hydrogen) atoms. The van der Waals surface area contributed by atoms with Crippen molar-refractivity contribution in [2.24, 2.45) is 0 Å². The maximum Gasteiger partial charge on any atom is 0.174 e. The van der Waals surface area contributed by atoms with Gasteiger partial charge in [0, 0.05) is 35.7 Å². The van der Waals surface area contributed by atoms with Crippen molar-refractivity contribution in [3.63, 3.8) is 0 Å². The molecule has 0 aliphatic rings. The van der Waals surface area contributed by atoms with Crippen LogP contribution in [0.1, 0.15) is 29.3 Å². The SMILES string of the molecule is CCc1ccccc1NC(=S)N(Cc1ccccc1)Cc1cccn1Cc1ccc(Cl)cc1. The van der Waals surface area contributed by atoms with Crippen LogP contribution in [0.4, 0.5) is 5.69 Å². The van der Waals surface area contributed by atoms with Crippen LogP contribution in [0.25, 0.3) is 0 Å². The van der Waals surface area contributed by atoms with E-state index in [4.69, 9.17) is 23.8 Å². The molecule has 0 aliphatic carbocycles. The minimum Gasteiger partial charge on any atom is -0.345 e. The standard InChI is InChI=1S/C28H28ClN3S/c1-2-24-11-6-7-13-27(24)30-28(33)32(20-22-9-4-3-5-10-22)21-26-12-8-18-31(26)19-23-14-16-25(29)17-15-23/h3-18H,2,19-21H2,1H3,(H,30,33). The van der Waals surface area contributed by atoms with Gasteiger partial charge in [0.15, 0.2) is 5.11 Å². The Morgan fingerprint density at radius 1 is 0.848 bits per heavy atom. The molecule has 0 atom stereocenters. The van der Waals surface area contributed by atoms with Crippen LogP contribution >= 0.6 is 23.8 Å². The molecule has 1 aromatic heterocycles. The van der Waals surface area contributed by atoms with E-state index in [2.05, 4.69) is 94.6 Å². The average molecular weight is 474 g/mol. The topological polar surface area (TPSA) is 20.2 Å². The van der Waals surface area contributed by atoms with Crippen LogP contribution in [0.15, 0.2) is 97.2 Å². The molecule has 0 saturated carbocycles. The third-order valence-electron chi connectivity index (χ3n) is 5.69. The minimum atomic E-state index is 0.704. The first-order valence-electron chi connectivity index (χ1n) is 11.2. The van der Waals surface area contributed by atoms with Crippen LogP contribution in [0.2, 0.25) is 5.02 Å². The van der Waals surface area contributed by atoms with Gasteiger partial charge < -0.3 is 14.8 Å². The van der Waals surface area contributed by atoms with Crippen molar-refractivity contribution in [1.29, 1.82) is 0 Å². The molecule has 0 spiro atoms. The van der Waals surface area contributed by atoms with E-state index in [1.807, 2.05) is 24.3 Å². The van der Waals surface area contributed by atoms with Gasteiger partial charge in [-0.15, -0.1) is 0 Å². The Labute approximate surface area is 206 Å². The molecule has 3 aromatic carbocycles. The summed E-state index contributed by atoms with van der Waals surface area (Å²) >= 11 is 12.0. The highest BCUT2D eigenvalue weighted by Crippen LogP contribution is 2.19. The number of rotatable bonds is 8. The van der Waals surface area contributed by atoms with Crippen molar-refractivity contribution in [2.75, 3.05) is 5.32 Å². The second kappa shape index (κ2) is 11.2. The van der Waals surface area contributed by atoms with Crippen molar-refractivity contribution in [3.8, 4) is 0 Å². The van der Waals surface area contributed by atoms with E-state index in [1.54, 1.807) is 0 Å². The second-order valence-electron chi connectivity index (χ2n) is 8.04. The Morgan fingerprint density at radius 2 is 1.58 bits per heavy atom. The number of halogens is 1. The zero-order valence-corrected chi connectivity index (χ0v) is 20.3. The Morgan fingerprint density at radius 3 is 2.33 bits per heavy atom. The number of para-hydroxylation sites is 1.